The molecule has 12 aromatic carbocycles. The normalized spacial score (nSPS) is 11.9. The largest absolute Gasteiger partial charge is 0.0616 e. The van der Waals surface area contributed by atoms with Crippen LogP contribution in [0.15, 0.2) is 206 Å². The molecule has 0 nitrogen and oxygen atoms in total. The van der Waals surface area contributed by atoms with Gasteiger partial charge in [0, 0.05) is 0 Å². The van der Waals surface area contributed by atoms with Crippen molar-refractivity contribution >= 4 is 86.2 Å². The summed E-state index contributed by atoms with van der Waals surface area (Å²) in [5.74, 6) is 0. The van der Waals surface area contributed by atoms with E-state index in [2.05, 4.69) is 206 Å². The number of hydrogen-bond donors (Lipinski definition) is 0. The summed E-state index contributed by atoms with van der Waals surface area (Å²) >= 11 is 0. The van der Waals surface area contributed by atoms with Crippen molar-refractivity contribution in [2.75, 3.05) is 0 Å². The zero-order valence-electron chi connectivity index (χ0n) is 30.6. The van der Waals surface area contributed by atoms with E-state index in [1.807, 2.05) is 0 Å². The average molecular weight is 707 g/mol. The standard InChI is InChI=1S/C56H34/c1-5-15-46-35(11-1)21-27-42-32-52(48-17-7-9-19-50(48)55(42)46)41-26-25-37-29-39(24-23-38(37)30-41)44-31-40-13-3-4-14-45(40)53(34-44)54-33-43-28-22-36-12-2-6-16-47(36)56(43)51-20-10-8-18-49(51)54/h1-34H. The van der Waals surface area contributed by atoms with E-state index < -0.39 is 0 Å². The van der Waals surface area contributed by atoms with Crippen LogP contribution in [0, 0.1) is 0 Å². The third kappa shape index (κ3) is 4.73. The van der Waals surface area contributed by atoms with Gasteiger partial charge in [-0.25, -0.2) is 0 Å². The molecule has 0 aromatic heterocycles. The first kappa shape index (κ1) is 31.1. The smallest absolute Gasteiger partial charge is 0.00264 e. The summed E-state index contributed by atoms with van der Waals surface area (Å²) < 4.78 is 0. The third-order valence-corrected chi connectivity index (χ3v) is 12.1. The summed E-state index contributed by atoms with van der Waals surface area (Å²) in [4.78, 5) is 0. The fraction of sp³-hybridized carbons (Fsp3) is 0. The zero-order valence-corrected chi connectivity index (χ0v) is 30.6. The van der Waals surface area contributed by atoms with Crippen molar-refractivity contribution in [3.8, 4) is 33.4 Å². The fourth-order valence-electron chi connectivity index (χ4n) is 9.51. The van der Waals surface area contributed by atoms with Gasteiger partial charge in [0.15, 0.2) is 0 Å². The van der Waals surface area contributed by atoms with Gasteiger partial charge in [-0.05, 0) is 156 Å². The molecule has 0 atom stereocenters. The van der Waals surface area contributed by atoms with Gasteiger partial charge in [-0.1, -0.05) is 170 Å². The minimum absolute atomic E-state index is 1.22. The fourth-order valence-corrected chi connectivity index (χ4v) is 9.51. The first-order valence-electron chi connectivity index (χ1n) is 19.5. The first-order chi connectivity index (χ1) is 27.7. The Bertz CT molecular complexity index is 3590. The van der Waals surface area contributed by atoms with Crippen molar-refractivity contribution in [3.05, 3.63) is 206 Å². The lowest BCUT2D eigenvalue weighted by molar-refractivity contribution is 1.65. The van der Waals surface area contributed by atoms with Gasteiger partial charge in [0.2, 0.25) is 0 Å². The lowest BCUT2D eigenvalue weighted by Crippen LogP contribution is -1.89. The Morgan fingerprint density at radius 1 is 0.179 bits per heavy atom. The summed E-state index contributed by atoms with van der Waals surface area (Å²) in [5.41, 5.74) is 7.47. The molecule has 0 aliphatic rings. The van der Waals surface area contributed by atoms with E-state index in [9.17, 15) is 0 Å². The molecule has 0 aliphatic heterocycles. The van der Waals surface area contributed by atoms with Crippen LogP contribution < -0.4 is 0 Å². The maximum atomic E-state index is 2.41. The Balaban J connectivity index is 1.02. The molecule has 56 heavy (non-hydrogen) atoms. The van der Waals surface area contributed by atoms with Crippen LogP contribution in [0.4, 0.5) is 0 Å². The molecule has 258 valence electrons. The average Bonchev–Trinajstić information content (AvgIpc) is 3.27. The van der Waals surface area contributed by atoms with E-state index in [4.69, 9.17) is 0 Å². The SMILES string of the molecule is c1ccc2c(-c3cc4ccc5ccccc5c4c4ccccc34)cc(-c3ccc4cc(-c5cc6ccc7ccccc7c6c6ccccc56)ccc4c3)cc2c1. The van der Waals surface area contributed by atoms with E-state index in [0.717, 1.165) is 0 Å². The highest BCUT2D eigenvalue weighted by atomic mass is 14.2. The van der Waals surface area contributed by atoms with Crippen molar-refractivity contribution < 1.29 is 0 Å². The van der Waals surface area contributed by atoms with Crippen molar-refractivity contribution in [2.24, 2.45) is 0 Å². The number of fused-ring (bicyclic) bond motifs is 12. The predicted octanol–water partition coefficient (Wildman–Crippen LogP) is 15.9. The predicted molar refractivity (Wildman–Crippen MR) is 243 cm³/mol. The molecule has 12 rings (SSSR count). The van der Waals surface area contributed by atoms with Crippen LogP contribution in [0.2, 0.25) is 0 Å². The second-order valence-electron chi connectivity index (χ2n) is 15.2. The Kier molecular flexibility index (Phi) is 6.73. The highest BCUT2D eigenvalue weighted by molar-refractivity contribution is 6.25. The summed E-state index contributed by atoms with van der Waals surface area (Å²) in [6.07, 6.45) is 0. The first-order valence-corrected chi connectivity index (χ1v) is 19.5. The van der Waals surface area contributed by atoms with Crippen LogP contribution in [-0.4, -0.2) is 0 Å². The van der Waals surface area contributed by atoms with Gasteiger partial charge in [-0.3, -0.25) is 0 Å². The summed E-state index contributed by atoms with van der Waals surface area (Å²) in [6.45, 7) is 0. The molecule has 0 heterocycles. The van der Waals surface area contributed by atoms with E-state index in [-0.39, 0.29) is 0 Å². The van der Waals surface area contributed by atoms with Crippen LogP contribution in [0.3, 0.4) is 0 Å². The van der Waals surface area contributed by atoms with Crippen molar-refractivity contribution in [1.29, 1.82) is 0 Å². The van der Waals surface area contributed by atoms with Crippen LogP contribution in [0.1, 0.15) is 0 Å². The van der Waals surface area contributed by atoms with Gasteiger partial charge in [0.1, 0.15) is 0 Å². The van der Waals surface area contributed by atoms with Gasteiger partial charge in [-0.2, -0.15) is 0 Å². The number of benzene rings is 12. The lowest BCUT2D eigenvalue weighted by atomic mass is 9.87. The van der Waals surface area contributed by atoms with Gasteiger partial charge in [0.25, 0.3) is 0 Å². The highest BCUT2D eigenvalue weighted by Gasteiger charge is 2.16. The van der Waals surface area contributed by atoms with E-state index in [0.29, 0.717) is 0 Å². The third-order valence-electron chi connectivity index (χ3n) is 12.1. The second kappa shape index (κ2) is 12.1. The van der Waals surface area contributed by atoms with Crippen LogP contribution in [0.5, 0.6) is 0 Å². The Morgan fingerprint density at radius 3 is 1.20 bits per heavy atom. The quantitative estimate of drug-likeness (QED) is 0.160. The minimum Gasteiger partial charge on any atom is -0.0616 e. The van der Waals surface area contributed by atoms with Crippen molar-refractivity contribution in [3.63, 3.8) is 0 Å². The molecular formula is C56H34. The maximum Gasteiger partial charge on any atom is -0.00264 e. The van der Waals surface area contributed by atoms with Crippen molar-refractivity contribution in [1.82, 2.24) is 0 Å². The van der Waals surface area contributed by atoms with E-state index in [1.165, 1.54) is 120 Å². The monoisotopic (exact) mass is 706 g/mol. The molecular weight excluding hydrogens is 673 g/mol. The van der Waals surface area contributed by atoms with Crippen molar-refractivity contribution in [2.45, 2.75) is 0 Å². The molecule has 0 N–H and O–H groups in total. The van der Waals surface area contributed by atoms with Gasteiger partial charge >= 0.3 is 0 Å². The van der Waals surface area contributed by atoms with Crippen LogP contribution in [-0.2, 0) is 0 Å². The second-order valence-corrected chi connectivity index (χ2v) is 15.2. The van der Waals surface area contributed by atoms with Gasteiger partial charge in [0.05, 0.1) is 0 Å². The maximum absolute atomic E-state index is 2.41. The molecule has 0 amide bonds. The van der Waals surface area contributed by atoms with Gasteiger partial charge in [-0.15, -0.1) is 0 Å². The zero-order chi connectivity index (χ0) is 36.7. The molecule has 0 saturated carbocycles. The Hall–Kier alpha value is -7.28. The Morgan fingerprint density at radius 2 is 0.571 bits per heavy atom. The van der Waals surface area contributed by atoms with E-state index in [1.54, 1.807) is 0 Å². The Labute approximate surface area is 324 Å². The van der Waals surface area contributed by atoms with E-state index >= 15 is 0 Å². The summed E-state index contributed by atoms with van der Waals surface area (Å²) in [7, 11) is 0. The lowest BCUT2D eigenvalue weighted by Gasteiger charge is -2.16. The summed E-state index contributed by atoms with van der Waals surface area (Å²) in [5, 5.41) is 20.5. The summed E-state index contributed by atoms with van der Waals surface area (Å²) in [6, 6.07) is 76.7. The molecule has 0 bridgehead atoms. The number of rotatable bonds is 3. The van der Waals surface area contributed by atoms with Crippen LogP contribution >= 0.6 is 0 Å². The molecule has 12 aromatic rings. The topological polar surface area (TPSA) is 0 Å². The molecule has 0 radical (unpaired) electrons. The van der Waals surface area contributed by atoms with Crippen LogP contribution in [0.25, 0.3) is 120 Å². The minimum atomic E-state index is 1.22. The molecule has 0 saturated heterocycles. The highest BCUT2D eigenvalue weighted by Crippen LogP contribution is 2.43. The molecule has 0 aliphatic carbocycles. The molecule has 0 unspecified atom stereocenters. The number of hydrogen-bond acceptors (Lipinski definition) is 0. The van der Waals surface area contributed by atoms with Gasteiger partial charge < -0.3 is 0 Å². The molecule has 0 heteroatoms. The molecule has 0 fully saturated rings. The molecule has 0 spiro atoms.